The van der Waals surface area contributed by atoms with Gasteiger partial charge < -0.3 is 14.1 Å². The number of carboxylic acids is 1. The lowest BCUT2D eigenvalue weighted by Crippen LogP contribution is -2.38. The lowest BCUT2D eigenvalue weighted by molar-refractivity contribution is 0.0659. The lowest BCUT2D eigenvalue weighted by Gasteiger charge is -2.03. The van der Waals surface area contributed by atoms with Crippen LogP contribution in [-0.4, -0.2) is 20.2 Å². The predicted octanol–water partition coefficient (Wildman–Crippen LogP) is 0.195. The van der Waals surface area contributed by atoms with Crippen LogP contribution in [0.25, 0.3) is 0 Å². The van der Waals surface area contributed by atoms with Crippen molar-refractivity contribution in [3.05, 3.63) is 56.3 Å². The van der Waals surface area contributed by atoms with Crippen LogP contribution in [0.15, 0.2) is 32.3 Å². The summed E-state index contributed by atoms with van der Waals surface area (Å²) < 4.78 is 7.36. The van der Waals surface area contributed by atoms with Gasteiger partial charge in [-0.1, -0.05) is 0 Å². The van der Waals surface area contributed by atoms with E-state index in [1.165, 1.54) is 29.9 Å². The highest BCUT2D eigenvalue weighted by atomic mass is 16.4. The van der Waals surface area contributed by atoms with Gasteiger partial charge in [0.2, 0.25) is 5.76 Å². The number of carboxylic acid groups (broad SMARTS) is 1. The van der Waals surface area contributed by atoms with Crippen molar-refractivity contribution < 1.29 is 14.3 Å². The van der Waals surface area contributed by atoms with Gasteiger partial charge in [-0.3, -0.25) is 9.36 Å². The minimum atomic E-state index is -1.18. The summed E-state index contributed by atoms with van der Waals surface area (Å²) in [6.07, 6.45) is 1.37. The summed E-state index contributed by atoms with van der Waals surface area (Å²) in [5.74, 6) is -1.12. The zero-order valence-electron chi connectivity index (χ0n) is 10.4. The van der Waals surface area contributed by atoms with Crippen molar-refractivity contribution in [3.8, 4) is 0 Å². The number of nitrogens with zero attached hydrogens (tertiary/aromatic N) is 2. The van der Waals surface area contributed by atoms with E-state index in [1.54, 1.807) is 6.92 Å². The van der Waals surface area contributed by atoms with Gasteiger partial charge >= 0.3 is 11.7 Å². The molecule has 2 heterocycles. The van der Waals surface area contributed by atoms with Gasteiger partial charge in [0.15, 0.2) is 0 Å². The van der Waals surface area contributed by atoms with E-state index in [0.717, 1.165) is 4.57 Å². The predicted molar refractivity (Wildman–Crippen MR) is 65.4 cm³/mol. The molecule has 1 N–H and O–H groups in total. The molecule has 2 rings (SSSR count). The Hall–Kier alpha value is -2.57. The van der Waals surface area contributed by atoms with Gasteiger partial charge in [-0.05, 0) is 13.0 Å². The van der Waals surface area contributed by atoms with Gasteiger partial charge in [-0.2, -0.15) is 0 Å². The van der Waals surface area contributed by atoms with Crippen LogP contribution >= 0.6 is 0 Å². The number of aromatic carboxylic acids is 1. The molecular formula is C12H12N2O5. The normalized spacial score (nSPS) is 10.6. The topological polar surface area (TPSA) is 94.4 Å². The van der Waals surface area contributed by atoms with Gasteiger partial charge in [0.25, 0.3) is 5.56 Å². The largest absolute Gasteiger partial charge is 0.475 e. The van der Waals surface area contributed by atoms with Gasteiger partial charge in [0.1, 0.15) is 5.76 Å². The molecule has 0 saturated carbocycles. The van der Waals surface area contributed by atoms with Crippen LogP contribution in [0.2, 0.25) is 0 Å². The van der Waals surface area contributed by atoms with Gasteiger partial charge in [-0.15, -0.1) is 0 Å². The molecule has 0 amide bonds. The van der Waals surface area contributed by atoms with E-state index in [-0.39, 0.29) is 18.1 Å². The Morgan fingerprint density at radius 3 is 2.68 bits per heavy atom. The van der Waals surface area contributed by atoms with E-state index < -0.39 is 17.2 Å². The fraction of sp³-hybridized carbons (Fsp3) is 0.250. The molecule has 0 aromatic carbocycles. The summed E-state index contributed by atoms with van der Waals surface area (Å²) in [4.78, 5) is 34.2. The molecule has 0 fully saturated rings. The zero-order chi connectivity index (χ0) is 14.2. The molecule has 0 saturated heterocycles. The minimum absolute atomic E-state index is 0.0968. The van der Waals surface area contributed by atoms with Crippen molar-refractivity contribution in [2.24, 2.45) is 7.05 Å². The van der Waals surface area contributed by atoms with Gasteiger partial charge in [-0.25, -0.2) is 9.59 Å². The second-order valence-corrected chi connectivity index (χ2v) is 4.16. The average Bonchev–Trinajstić information content (AvgIpc) is 2.71. The van der Waals surface area contributed by atoms with Gasteiger partial charge in [0.05, 0.1) is 6.54 Å². The maximum atomic E-state index is 11.8. The average molecular weight is 264 g/mol. The first-order chi connectivity index (χ1) is 8.90. The maximum Gasteiger partial charge on any atom is 0.372 e. The molecule has 0 radical (unpaired) electrons. The molecule has 0 atom stereocenters. The molecule has 0 aliphatic carbocycles. The quantitative estimate of drug-likeness (QED) is 0.854. The zero-order valence-corrected chi connectivity index (χ0v) is 10.4. The molecular weight excluding hydrogens is 252 g/mol. The van der Waals surface area contributed by atoms with E-state index in [4.69, 9.17) is 9.52 Å². The molecule has 2 aromatic heterocycles. The molecule has 7 heteroatoms. The summed E-state index contributed by atoms with van der Waals surface area (Å²) in [6, 6.07) is 2.76. The Balaban J connectivity index is 2.45. The fourth-order valence-electron chi connectivity index (χ4n) is 1.75. The number of aryl methyl sites for hydroxylation is 2. The molecule has 19 heavy (non-hydrogen) atoms. The Bertz CT molecular complexity index is 750. The first-order valence-electron chi connectivity index (χ1n) is 5.49. The van der Waals surface area contributed by atoms with Crippen molar-refractivity contribution in [2.75, 3.05) is 0 Å². The summed E-state index contributed by atoms with van der Waals surface area (Å²) >= 11 is 0. The van der Waals surface area contributed by atoms with E-state index >= 15 is 0 Å². The SMILES string of the molecule is Cc1cc(Cn2c(=O)ccn(C)c2=O)oc1C(=O)O. The highest BCUT2D eigenvalue weighted by Crippen LogP contribution is 2.14. The first kappa shape index (κ1) is 12.9. The van der Waals surface area contributed by atoms with Crippen LogP contribution in [0.1, 0.15) is 21.9 Å². The molecule has 7 nitrogen and oxygen atoms in total. The number of furan rings is 1. The second kappa shape index (κ2) is 4.60. The Morgan fingerprint density at radius 2 is 2.11 bits per heavy atom. The van der Waals surface area contributed by atoms with Crippen molar-refractivity contribution >= 4 is 5.97 Å². The molecule has 0 aliphatic rings. The van der Waals surface area contributed by atoms with Crippen molar-refractivity contribution in [3.63, 3.8) is 0 Å². The van der Waals surface area contributed by atoms with Gasteiger partial charge in [0, 0.05) is 24.9 Å². The standard InChI is InChI=1S/C12H12N2O5/c1-7-5-8(19-10(7)11(16)17)6-14-9(15)3-4-13(2)12(14)18/h3-5H,6H2,1-2H3,(H,16,17). The van der Waals surface area contributed by atoms with Crippen molar-refractivity contribution in [1.29, 1.82) is 0 Å². The summed E-state index contributed by atoms with van der Waals surface area (Å²) in [5, 5.41) is 8.87. The number of hydrogen-bond acceptors (Lipinski definition) is 4. The van der Waals surface area contributed by atoms with Crippen LogP contribution in [-0.2, 0) is 13.6 Å². The summed E-state index contributed by atoms with van der Waals surface area (Å²) in [6.45, 7) is 1.49. The second-order valence-electron chi connectivity index (χ2n) is 4.16. The van der Waals surface area contributed by atoms with E-state index in [1.807, 2.05) is 0 Å². The first-order valence-corrected chi connectivity index (χ1v) is 5.49. The van der Waals surface area contributed by atoms with Crippen LogP contribution in [0.4, 0.5) is 0 Å². The number of rotatable bonds is 3. The number of hydrogen-bond donors (Lipinski definition) is 1. The molecule has 0 bridgehead atoms. The van der Waals surface area contributed by atoms with E-state index in [0.29, 0.717) is 5.56 Å². The minimum Gasteiger partial charge on any atom is -0.475 e. The smallest absolute Gasteiger partial charge is 0.372 e. The van der Waals surface area contributed by atoms with Crippen molar-refractivity contribution in [1.82, 2.24) is 9.13 Å². The highest BCUT2D eigenvalue weighted by molar-refractivity contribution is 5.86. The van der Waals surface area contributed by atoms with E-state index in [2.05, 4.69) is 0 Å². The molecule has 0 spiro atoms. The third-order valence-electron chi connectivity index (χ3n) is 2.72. The van der Waals surface area contributed by atoms with Crippen LogP contribution in [0.5, 0.6) is 0 Å². The fourth-order valence-corrected chi connectivity index (χ4v) is 1.75. The Morgan fingerprint density at radius 1 is 1.42 bits per heavy atom. The monoisotopic (exact) mass is 264 g/mol. The van der Waals surface area contributed by atoms with Crippen LogP contribution < -0.4 is 11.2 Å². The Kier molecular flexibility index (Phi) is 3.12. The highest BCUT2D eigenvalue weighted by Gasteiger charge is 2.15. The summed E-state index contributed by atoms with van der Waals surface area (Å²) in [7, 11) is 1.52. The maximum absolute atomic E-state index is 11.8. The van der Waals surface area contributed by atoms with Crippen molar-refractivity contribution in [2.45, 2.75) is 13.5 Å². The van der Waals surface area contributed by atoms with Crippen LogP contribution in [0, 0.1) is 6.92 Å². The molecule has 0 unspecified atom stereocenters. The number of carbonyl (C=O) groups is 1. The third kappa shape index (κ3) is 2.35. The third-order valence-corrected chi connectivity index (χ3v) is 2.72. The van der Waals surface area contributed by atoms with E-state index in [9.17, 15) is 14.4 Å². The summed E-state index contributed by atoms with van der Waals surface area (Å²) in [5.41, 5.74) is -0.504. The van der Waals surface area contributed by atoms with Crippen LogP contribution in [0.3, 0.4) is 0 Å². The Labute approximate surface area is 107 Å². The molecule has 0 aliphatic heterocycles. The molecule has 100 valence electrons. The number of aromatic nitrogens is 2. The molecule has 2 aromatic rings. The lowest BCUT2D eigenvalue weighted by atomic mass is 10.2.